The number of H-pyrrole nitrogens is 2. The predicted octanol–water partition coefficient (Wildman–Crippen LogP) is 3.00. The van der Waals surface area contributed by atoms with Gasteiger partial charge in [0.1, 0.15) is 18.1 Å². The number of nitrogens with two attached hydrogens (primary N) is 1. The summed E-state index contributed by atoms with van der Waals surface area (Å²) in [5, 5.41) is 19.9. The maximum absolute atomic E-state index is 13.5. The topological polar surface area (TPSA) is 182 Å². The van der Waals surface area contributed by atoms with Crippen molar-refractivity contribution in [2.45, 2.75) is 71.1 Å². The highest BCUT2D eigenvalue weighted by Gasteiger charge is 2.32. The van der Waals surface area contributed by atoms with E-state index < -0.39 is 47.9 Å². The second-order valence-electron chi connectivity index (χ2n) is 12.1. The van der Waals surface area contributed by atoms with Crippen LogP contribution in [-0.4, -0.2) is 62.9 Å². The monoisotopic (exact) mass is 602 g/mol. The predicted molar refractivity (Wildman–Crippen MR) is 170 cm³/mol. The van der Waals surface area contributed by atoms with E-state index in [4.69, 9.17) is 5.73 Å². The lowest BCUT2D eigenvalue weighted by molar-refractivity contribution is -0.142. The first-order valence-electron chi connectivity index (χ1n) is 14.9. The Labute approximate surface area is 256 Å². The first-order valence-corrected chi connectivity index (χ1v) is 14.9. The molecule has 0 aliphatic heterocycles. The van der Waals surface area contributed by atoms with Gasteiger partial charge in [0.25, 0.3) is 0 Å². The molecule has 0 aliphatic rings. The summed E-state index contributed by atoms with van der Waals surface area (Å²) in [7, 11) is 0. The van der Waals surface area contributed by atoms with Gasteiger partial charge in [-0.15, -0.1) is 0 Å². The number of carbonyl (C=O) groups excluding carboxylic acids is 3. The van der Waals surface area contributed by atoms with Crippen molar-refractivity contribution in [1.29, 1.82) is 0 Å². The number of para-hydroxylation sites is 2. The van der Waals surface area contributed by atoms with Crippen LogP contribution < -0.4 is 21.7 Å². The highest BCUT2D eigenvalue weighted by atomic mass is 16.4. The van der Waals surface area contributed by atoms with E-state index >= 15 is 0 Å². The summed E-state index contributed by atoms with van der Waals surface area (Å²) in [6.45, 7) is 7.38. The van der Waals surface area contributed by atoms with Gasteiger partial charge in [0, 0.05) is 40.6 Å². The lowest BCUT2D eigenvalue weighted by atomic mass is 9.98. The quantitative estimate of drug-likeness (QED) is 0.116. The van der Waals surface area contributed by atoms with Gasteiger partial charge >= 0.3 is 5.97 Å². The number of rotatable bonds is 14. The summed E-state index contributed by atoms with van der Waals surface area (Å²) in [5.41, 5.74) is 9.71. The molecule has 11 nitrogen and oxygen atoms in total. The summed E-state index contributed by atoms with van der Waals surface area (Å²) in [4.78, 5) is 58.5. The Morgan fingerprint density at radius 3 is 1.77 bits per heavy atom. The lowest BCUT2D eigenvalue weighted by Gasteiger charge is -2.27. The standard InChI is InChI=1S/C33H42N6O5/c1-18(2)13-27(31(41)38-28(33(43)44)15-21-17-36-26-12-8-6-10-23(21)26)37-32(42)29(19(3)4)39-30(40)24(34)14-20-16-35-25-11-7-5-9-22(20)25/h5-12,16-19,24,27-29,35-36H,13-15,34H2,1-4H3,(H,37,42)(H,38,41)(H,39,40)(H,43,44). The van der Waals surface area contributed by atoms with E-state index in [-0.39, 0.29) is 31.1 Å². The molecule has 0 bridgehead atoms. The van der Waals surface area contributed by atoms with E-state index in [2.05, 4.69) is 25.9 Å². The highest BCUT2D eigenvalue weighted by molar-refractivity contribution is 5.95. The first kappa shape index (κ1) is 32.3. The number of carboxylic acids is 1. The van der Waals surface area contributed by atoms with Crippen LogP contribution in [0, 0.1) is 11.8 Å². The van der Waals surface area contributed by atoms with Crippen LogP contribution in [0.25, 0.3) is 21.8 Å². The minimum Gasteiger partial charge on any atom is -0.480 e. The van der Waals surface area contributed by atoms with Crippen LogP contribution in [0.3, 0.4) is 0 Å². The smallest absolute Gasteiger partial charge is 0.326 e. The normalized spacial score (nSPS) is 14.3. The van der Waals surface area contributed by atoms with Gasteiger partial charge in [0.2, 0.25) is 17.7 Å². The Morgan fingerprint density at radius 2 is 1.25 bits per heavy atom. The fraction of sp³-hybridized carbons (Fsp3) is 0.394. The largest absolute Gasteiger partial charge is 0.480 e. The van der Waals surface area contributed by atoms with Crippen molar-refractivity contribution in [3.63, 3.8) is 0 Å². The number of aromatic amines is 2. The van der Waals surface area contributed by atoms with E-state index in [1.807, 2.05) is 68.6 Å². The molecule has 2 aromatic carbocycles. The SMILES string of the molecule is CC(C)CC(NC(=O)C(NC(=O)C(N)Cc1c[nH]c2ccccc12)C(C)C)C(=O)NC(Cc1c[nH]c2ccccc12)C(=O)O. The number of amides is 3. The molecular weight excluding hydrogens is 560 g/mol. The van der Waals surface area contributed by atoms with Crippen LogP contribution in [0.5, 0.6) is 0 Å². The lowest BCUT2D eigenvalue weighted by Crippen LogP contribution is -2.58. The molecular formula is C33H42N6O5. The summed E-state index contributed by atoms with van der Waals surface area (Å²) >= 11 is 0. The summed E-state index contributed by atoms with van der Waals surface area (Å²) in [5.74, 6) is -3.12. The van der Waals surface area contributed by atoms with Crippen LogP contribution in [-0.2, 0) is 32.0 Å². The van der Waals surface area contributed by atoms with Crippen molar-refractivity contribution in [3.05, 3.63) is 72.1 Å². The van der Waals surface area contributed by atoms with Crippen LogP contribution in [0.1, 0.15) is 45.2 Å². The number of carboxylic acid groups (broad SMARTS) is 1. The zero-order valence-corrected chi connectivity index (χ0v) is 25.5. The molecule has 0 saturated carbocycles. The Hall–Kier alpha value is -4.64. The molecule has 0 saturated heterocycles. The maximum atomic E-state index is 13.5. The second kappa shape index (κ2) is 14.2. The molecule has 0 fully saturated rings. The molecule has 0 radical (unpaired) electrons. The number of carbonyl (C=O) groups is 4. The first-order chi connectivity index (χ1) is 20.9. The van der Waals surface area contributed by atoms with Gasteiger partial charge in [-0.25, -0.2) is 4.79 Å². The highest BCUT2D eigenvalue weighted by Crippen LogP contribution is 2.20. The number of hydrogen-bond acceptors (Lipinski definition) is 5. The van der Waals surface area contributed by atoms with E-state index in [1.165, 1.54) is 0 Å². The molecule has 0 aliphatic carbocycles. The van der Waals surface area contributed by atoms with Crippen LogP contribution >= 0.6 is 0 Å². The zero-order valence-electron chi connectivity index (χ0n) is 25.5. The number of hydrogen-bond donors (Lipinski definition) is 7. The van der Waals surface area contributed by atoms with E-state index in [9.17, 15) is 24.3 Å². The van der Waals surface area contributed by atoms with Crippen molar-refractivity contribution >= 4 is 45.5 Å². The van der Waals surface area contributed by atoms with Gasteiger partial charge in [0.15, 0.2) is 0 Å². The van der Waals surface area contributed by atoms with Gasteiger partial charge in [-0.2, -0.15) is 0 Å². The molecule has 4 unspecified atom stereocenters. The number of benzene rings is 2. The number of nitrogens with one attached hydrogen (secondary N) is 5. The average molecular weight is 603 g/mol. The van der Waals surface area contributed by atoms with Crippen molar-refractivity contribution in [2.75, 3.05) is 0 Å². The van der Waals surface area contributed by atoms with E-state index in [0.29, 0.717) is 0 Å². The van der Waals surface area contributed by atoms with Gasteiger partial charge in [-0.05, 0) is 47.9 Å². The van der Waals surface area contributed by atoms with Crippen LogP contribution in [0.2, 0.25) is 0 Å². The molecule has 11 heteroatoms. The number of aromatic nitrogens is 2. The van der Waals surface area contributed by atoms with Gasteiger partial charge < -0.3 is 36.8 Å². The van der Waals surface area contributed by atoms with Gasteiger partial charge in [0.05, 0.1) is 6.04 Å². The fourth-order valence-corrected chi connectivity index (χ4v) is 5.38. The molecule has 2 aromatic heterocycles. The third kappa shape index (κ3) is 7.84. The molecule has 4 atom stereocenters. The Morgan fingerprint density at radius 1 is 0.727 bits per heavy atom. The van der Waals surface area contributed by atoms with Crippen LogP contribution in [0.15, 0.2) is 60.9 Å². The van der Waals surface area contributed by atoms with Crippen LogP contribution in [0.4, 0.5) is 0 Å². The van der Waals surface area contributed by atoms with Crippen molar-refractivity contribution in [2.24, 2.45) is 17.6 Å². The summed E-state index contributed by atoms with van der Waals surface area (Å²) < 4.78 is 0. The molecule has 0 spiro atoms. The molecule has 2 heterocycles. The number of fused-ring (bicyclic) bond motifs is 2. The van der Waals surface area contributed by atoms with Crippen molar-refractivity contribution in [1.82, 2.24) is 25.9 Å². The van der Waals surface area contributed by atoms with E-state index in [1.54, 1.807) is 20.0 Å². The van der Waals surface area contributed by atoms with Crippen molar-refractivity contribution < 1.29 is 24.3 Å². The Balaban J connectivity index is 1.42. The molecule has 4 rings (SSSR count). The molecule has 8 N–H and O–H groups in total. The molecule has 3 amide bonds. The zero-order chi connectivity index (χ0) is 32.0. The molecule has 4 aromatic rings. The van der Waals surface area contributed by atoms with E-state index in [0.717, 1.165) is 32.9 Å². The number of aliphatic carboxylic acids is 1. The van der Waals surface area contributed by atoms with Crippen molar-refractivity contribution in [3.8, 4) is 0 Å². The molecule has 234 valence electrons. The summed E-state index contributed by atoms with van der Waals surface area (Å²) in [6, 6.07) is 11.1. The third-order valence-electron chi connectivity index (χ3n) is 7.75. The summed E-state index contributed by atoms with van der Waals surface area (Å²) in [6.07, 6.45) is 4.16. The second-order valence-corrected chi connectivity index (χ2v) is 12.1. The van der Waals surface area contributed by atoms with Gasteiger partial charge in [-0.3, -0.25) is 14.4 Å². The minimum absolute atomic E-state index is 0.0135. The fourth-order valence-electron chi connectivity index (χ4n) is 5.38. The third-order valence-corrected chi connectivity index (χ3v) is 7.75. The molecule has 44 heavy (non-hydrogen) atoms. The van der Waals surface area contributed by atoms with Gasteiger partial charge in [-0.1, -0.05) is 64.1 Å². The Kier molecular flexibility index (Phi) is 10.4. The average Bonchev–Trinajstić information content (AvgIpc) is 3.58. The maximum Gasteiger partial charge on any atom is 0.326 e. The Bertz CT molecular complexity index is 1620. The minimum atomic E-state index is -1.21.